The Morgan fingerprint density at radius 2 is 1.89 bits per heavy atom. The van der Waals surface area contributed by atoms with Crippen molar-refractivity contribution in [2.75, 3.05) is 18.0 Å². The molecule has 8 nitrogen and oxygen atoms in total. The molecule has 1 unspecified atom stereocenters. The van der Waals surface area contributed by atoms with Crippen LogP contribution in [-0.2, 0) is 4.79 Å². The lowest BCUT2D eigenvalue weighted by atomic mass is 9.83. The number of carbonyl (C=O) groups is 2. The van der Waals surface area contributed by atoms with Crippen LogP contribution in [0.25, 0.3) is 0 Å². The third kappa shape index (κ3) is 4.72. The summed E-state index contributed by atoms with van der Waals surface area (Å²) in [6.07, 6.45) is 4.89. The van der Waals surface area contributed by atoms with Gasteiger partial charge in [0.05, 0.1) is 12.3 Å². The van der Waals surface area contributed by atoms with Crippen LogP contribution in [0.2, 0.25) is 0 Å². The number of carboxylic acid groups (broad SMARTS) is 1. The van der Waals surface area contributed by atoms with Crippen LogP contribution >= 0.6 is 0 Å². The minimum atomic E-state index is -1.36. The molecule has 0 bridgehead atoms. The van der Waals surface area contributed by atoms with Crippen LogP contribution in [-0.4, -0.2) is 51.7 Å². The highest BCUT2D eigenvalue weighted by molar-refractivity contribution is 5.96. The molecular weight excluding hydrogens is 360 g/mol. The van der Waals surface area contributed by atoms with Gasteiger partial charge in [-0.2, -0.15) is 0 Å². The minimum Gasteiger partial charge on any atom is -0.479 e. The van der Waals surface area contributed by atoms with Gasteiger partial charge in [0, 0.05) is 13.1 Å². The molecule has 156 valence electrons. The topological polar surface area (TPSA) is 105 Å². The number of rotatable bonds is 8. The molecule has 1 atom stereocenters. The van der Waals surface area contributed by atoms with E-state index in [-0.39, 0.29) is 24.1 Å². The van der Waals surface area contributed by atoms with E-state index in [2.05, 4.69) is 20.2 Å². The molecule has 1 fully saturated rings. The van der Waals surface area contributed by atoms with E-state index < -0.39 is 17.4 Å². The second kappa shape index (κ2) is 9.21. The van der Waals surface area contributed by atoms with Crippen molar-refractivity contribution in [3.8, 4) is 5.88 Å². The summed E-state index contributed by atoms with van der Waals surface area (Å²) >= 11 is 0. The quantitative estimate of drug-likeness (QED) is 0.701. The Hall–Kier alpha value is -2.38. The number of aromatic nitrogens is 2. The van der Waals surface area contributed by atoms with Gasteiger partial charge < -0.3 is 20.1 Å². The number of anilines is 1. The van der Waals surface area contributed by atoms with Crippen molar-refractivity contribution in [2.24, 2.45) is 5.92 Å². The monoisotopic (exact) mass is 392 g/mol. The summed E-state index contributed by atoms with van der Waals surface area (Å²) in [6, 6.07) is 0. The SMILES string of the molecule is CCC(NC(=O)c1cnc(N2CCCCC2)c(OC(C)C)n1)(C(=O)O)C(C)C. The first-order valence-electron chi connectivity index (χ1n) is 10.1. The number of aliphatic carboxylic acids is 1. The molecule has 1 amide bonds. The largest absolute Gasteiger partial charge is 0.479 e. The van der Waals surface area contributed by atoms with E-state index in [1.807, 2.05) is 13.8 Å². The van der Waals surface area contributed by atoms with E-state index in [0.29, 0.717) is 11.7 Å². The predicted molar refractivity (Wildman–Crippen MR) is 107 cm³/mol. The molecule has 0 radical (unpaired) electrons. The van der Waals surface area contributed by atoms with E-state index in [0.717, 1.165) is 25.9 Å². The number of amides is 1. The molecule has 1 aliphatic heterocycles. The highest BCUT2D eigenvalue weighted by Crippen LogP contribution is 2.28. The molecule has 1 aromatic heterocycles. The lowest BCUT2D eigenvalue weighted by Gasteiger charge is -2.33. The molecule has 8 heteroatoms. The highest BCUT2D eigenvalue weighted by Gasteiger charge is 2.42. The van der Waals surface area contributed by atoms with Gasteiger partial charge in [-0.05, 0) is 45.4 Å². The number of piperidine rings is 1. The first-order valence-corrected chi connectivity index (χ1v) is 10.1. The van der Waals surface area contributed by atoms with E-state index in [9.17, 15) is 14.7 Å². The number of carboxylic acids is 1. The molecule has 2 N–H and O–H groups in total. The molecule has 1 saturated heterocycles. The van der Waals surface area contributed by atoms with Crippen LogP contribution in [0, 0.1) is 5.92 Å². The van der Waals surface area contributed by atoms with Crippen LogP contribution in [0.5, 0.6) is 5.88 Å². The van der Waals surface area contributed by atoms with Crippen molar-refractivity contribution in [3.63, 3.8) is 0 Å². The number of hydrogen-bond acceptors (Lipinski definition) is 6. The van der Waals surface area contributed by atoms with Crippen molar-refractivity contribution in [1.82, 2.24) is 15.3 Å². The number of carbonyl (C=O) groups excluding carboxylic acids is 1. The van der Waals surface area contributed by atoms with Crippen molar-refractivity contribution in [2.45, 2.75) is 71.9 Å². The summed E-state index contributed by atoms with van der Waals surface area (Å²) in [7, 11) is 0. The zero-order chi connectivity index (χ0) is 20.9. The van der Waals surface area contributed by atoms with Gasteiger partial charge in [-0.3, -0.25) is 4.79 Å². The zero-order valence-electron chi connectivity index (χ0n) is 17.5. The van der Waals surface area contributed by atoms with Gasteiger partial charge >= 0.3 is 5.97 Å². The fraction of sp³-hybridized carbons (Fsp3) is 0.700. The van der Waals surface area contributed by atoms with Gasteiger partial charge in [0.1, 0.15) is 5.54 Å². The Morgan fingerprint density at radius 1 is 1.25 bits per heavy atom. The van der Waals surface area contributed by atoms with Crippen LogP contribution in [0.1, 0.15) is 70.8 Å². The Bertz CT molecular complexity index is 701. The summed E-state index contributed by atoms with van der Waals surface area (Å²) < 4.78 is 5.83. The van der Waals surface area contributed by atoms with Gasteiger partial charge in [-0.1, -0.05) is 20.8 Å². The van der Waals surface area contributed by atoms with E-state index in [1.165, 1.54) is 12.6 Å². The van der Waals surface area contributed by atoms with Crippen LogP contribution in [0.15, 0.2) is 6.20 Å². The minimum absolute atomic E-state index is 0.0520. The Kier molecular flexibility index (Phi) is 7.21. The van der Waals surface area contributed by atoms with Crippen molar-refractivity contribution >= 4 is 17.7 Å². The molecular formula is C20H32N4O4. The van der Waals surface area contributed by atoms with Gasteiger partial charge in [0.2, 0.25) is 0 Å². The smallest absolute Gasteiger partial charge is 0.329 e. The van der Waals surface area contributed by atoms with E-state index in [4.69, 9.17) is 4.74 Å². The molecule has 2 rings (SSSR count). The molecule has 0 aliphatic carbocycles. The summed E-state index contributed by atoms with van der Waals surface area (Å²) in [5.41, 5.74) is -1.31. The van der Waals surface area contributed by atoms with E-state index >= 15 is 0 Å². The summed E-state index contributed by atoms with van der Waals surface area (Å²) in [5, 5.41) is 12.4. The second-order valence-electron chi connectivity index (χ2n) is 7.84. The standard InChI is InChI=1S/C20H32N4O4/c1-6-20(13(2)3,19(26)27)23-17(25)15-12-21-16(18(22-15)28-14(4)5)24-10-8-7-9-11-24/h12-14H,6-11H2,1-5H3,(H,23,25)(H,26,27). The number of nitrogens with one attached hydrogen (secondary N) is 1. The molecule has 28 heavy (non-hydrogen) atoms. The third-order valence-corrected chi connectivity index (χ3v) is 5.22. The molecule has 0 saturated carbocycles. The number of nitrogens with zero attached hydrogens (tertiary/aromatic N) is 3. The second-order valence-corrected chi connectivity index (χ2v) is 7.84. The highest BCUT2D eigenvalue weighted by atomic mass is 16.5. The van der Waals surface area contributed by atoms with Gasteiger partial charge in [-0.25, -0.2) is 14.8 Å². The summed E-state index contributed by atoms with van der Waals surface area (Å²) in [6.45, 7) is 10.8. The maximum absolute atomic E-state index is 12.8. The van der Waals surface area contributed by atoms with Crippen LogP contribution < -0.4 is 15.0 Å². The molecule has 1 aromatic rings. The number of hydrogen-bond donors (Lipinski definition) is 2. The Balaban J connectivity index is 2.34. The average molecular weight is 393 g/mol. The molecule has 0 aromatic carbocycles. The van der Waals surface area contributed by atoms with Crippen molar-refractivity contribution < 1.29 is 19.4 Å². The summed E-state index contributed by atoms with van der Waals surface area (Å²) in [5.74, 6) is -0.967. The van der Waals surface area contributed by atoms with Gasteiger partial charge in [-0.15, -0.1) is 0 Å². The average Bonchev–Trinajstić information content (AvgIpc) is 2.65. The maximum atomic E-state index is 12.8. The van der Waals surface area contributed by atoms with Crippen molar-refractivity contribution in [1.29, 1.82) is 0 Å². The fourth-order valence-corrected chi connectivity index (χ4v) is 3.46. The predicted octanol–water partition coefficient (Wildman–Crippen LogP) is 2.87. The van der Waals surface area contributed by atoms with Crippen LogP contribution in [0.4, 0.5) is 5.82 Å². The maximum Gasteiger partial charge on any atom is 0.329 e. The first kappa shape index (κ1) is 21.9. The lowest BCUT2D eigenvalue weighted by Crippen LogP contribution is -2.57. The fourth-order valence-electron chi connectivity index (χ4n) is 3.46. The summed E-state index contributed by atoms with van der Waals surface area (Å²) in [4.78, 5) is 35.6. The third-order valence-electron chi connectivity index (χ3n) is 5.22. The van der Waals surface area contributed by atoms with Crippen molar-refractivity contribution in [3.05, 3.63) is 11.9 Å². The Morgan fingerprint density at radius 3 is 2.39 bits per heavy atom. The normalized spacial score (nSPS) is 16.8. The van der Waals surface area contributed by atoms with E-state index in [1.54, 1.807) is 20.8 Å². The molecule has 0 spiro atoms. The number of ether oxygens (including phenoxy) is 1. The van der Waals surface area contributed by atoms with Gasteiger partial charge in [0.25, 0.3) is 11.8 Å². The Labute approximate surface area is 166 Å². The first-order chi connectivity index (χ1) is 13.2. The van der Waals surface area contributed by atoms with Gasteiger partial charge in [0.15, 0.2) is 11.5 Å². The van der Waals surface area contributed by atoms with Crippen LogP contribution in [0.3, 0.4) is 0 Å². The molecule has 1 aliphatic rings. The lowest BCUT2D eigenvalue weighted by molar-refractivity contribution is -0.146. The molecule has 2 heterocycles. The zero-order valence-corrected chi connectivity index (χ0v) is 17.5.